The highest BCUT2D eigenvalue weighted by molar-refractivity contribution is 6.01. The third-order valence-corrected chi connectivity index (χ3v) is 6.57. The topological polar surface area (TPSA) is 164 Å². The lowest BCUT2D eigenvalue weighted by Gasteiger charge is -2.26. The molecule has 4 atom stereocenters. The molecule has 0 aromatic heterocycles. The van der Waals surface area contributed by atoms with Crippen LogP contribution in [0.5, 0.6) is 17.2 Å². The number of para-hydroxylation sites is 1. The second kappa shape index (κ2) is 15.6. The van der Waals surface area contributed by atoms with E-state index in [0.29, 0.717) is 30.9 Å². The van der Waals surface area contributed by atoms with Crippen molar-refractivity contribution in [3.05, 3.63) is 53.6 Å². The van der Waals surface area contributed by atoms with Crippen molar-refractivity contribution in [1.29, 1.82) is 0 Å². The van der Waals surface area contributed by atoms with Gasteiger partial charge in [-0.15, -0.1) is 0 Å². The summed E-state index contributed by atoms with van der Waals surface area (Å²) >= 11 is 0. The van der Waals surface area contributed by atoms with Gasteiger partial charge in [-0.2, -0.15) is 0 Å². The predicted molar refractivity (Wildman–Crippen MR) is 155 cm³/mol. The van der Waals surface area contributed by atoms with Crippen molar-refractivity contribution >= 4 is 23.6 Å². The Labute approximate surface area is 245 Å². The molecule has 0 spiro atoms. The molecule has 0 aliphatic carbocycles. The van der Waals surface area contributed by atoms with Crippen molar-refractivity contribution in [2.75, 3.05) is 26.9 Å². The van der Waals surface area contributed by atoms with Crippen molar-refractivity contribution in [2.24, 2.45) is 0 Å². The Balaban J connectivity index is 1.73. The number of fused-ring (bicyclic) bond motifs is 1. The third kappa shape index (κ3) is 9.10. The molecule has 12 nitrogen and oxygen atoms in total. The second-order valence-corrected chi connectivity index (χ2v) is 10.0. The molecular weight excluding hydrogens is 544 g/mol. The van der Waals surface area contributed by atoms with Crippen LogP contribution in [0.4, 0.5) is 0 Å². The van der Waals surface area contributed by atoms with E-state index in [1.807, 2.05) is 25.1 Å². The molecule has 0 bridgehead atoms. The number of aliphatic hydroxyl groups excluding tert-OH is 1. The number of amides is 4. The first-order valence-corrected chi connectivity index (χ1v) is 14.0. The number of aliphatic hydroxyl groups is 1. The molecule has 0 saturated heterocycles. The summed E-state index contributed by atoms with van der Waals surface area (Å²) in [4.78, 5) is 52.1. The first-order chi connectivity index (χ1) is 20.1. The minimum atomic E-state index is -1.26. The molecule has 0 saturated carbocycles. The summed E-state index contributed by atoms with van der Waals surface area (Å²) in [7, 11) is 1.57. The molecule has 228 valence electrons. The van der Waals surface area contributed by atoms with Crippen molar-refractivity contribution in [3.63, 3.8) is 0 Å². The Morgan fingerprint density at radius 3 is 2.60 bits per heavy atom. The molecule has 1 aliphatic heterocycles. The van der Waals surface area contributed by atoms with Gasteiger partial charge in [-0.05, 0) is 63.4 Å². The lowest BCUT2D eigenvalue weighted by Crippen LogP contribution is -2.56. The molecule has 1 heterocycles. The average Bonchev–Trinajstić information content (AvgIpc) is 2.96. The van der Waals surface area contributed by atoms with Crippen LogP contribution in [0.2, 0.25) is 0 Å². The number of nitrogens with one attached hydrogen (secondary N) is 4. The molecule has 42 heavy (non-hydrogen) atoms. The van der Waals surface area contributed by atoms with Gasteiger partial charge in [0.25, 0.3) is 5.91 Å². The van der Waals surface area contributed by atoms with Gasteiger partial charge >= 0.3 is 0 Å². The van der Waals surface area contributed by atoms with E-state index in [4.69, 9.17) is 14.2 Å². The smallest absolute Gasteiger partial charge is 0.255 e. The summed E-state index contributed by atoms with van der Waals surface area (Å²) < 4.78 is 16.7. The molecule has 12 heteroatoms. The monoisotopic (exact) mass is 584 g/mol. The summed E-state index contributed by atoms with van der Waals surface area (Å²) in [6, 6.07) is 9.13. The van der Waals surface area contributed by atoms with Crippen LogP contribution in [-0.2, 0) is 20.8 Å². The van der Waals surface area contributed by atoms with Crippen LogP contribution >= 0.6 is 0 Å². The van der Waals surface area contributed by atoms with Crippen LogP contribution in [0.25, 0.3) is 0 Å². The molecule has 2 aromatic carbocycles. The predicted octanol–water partition coefficient (Wildman–Crippen LogP) is 1.09. The minimum absolute atomic E-state index is 0.0284. The maximum atomic E-state index is 13.2. The SMILES string of the molecule is CCOc1ccc(CCCNC(=O)[C@@H]2CC(=O)N[C@@H]([C@@H](C)O)C(=O)N[C@H](C)COc3ccccc3C(=O)N2)cc1OC. The zero-order chi connectivity index (χ0) is 30.6. The molecule has 5 N–H and O–H groups in total. The first kappa shape index (κ1) is 32.2. The van der Waals surface area contributed by atoms with Crippen LogP contribution in [0.15, 0.2) is 42.5 Å². The number of methoxy groups -OCH3 is 1. The molecule has 4 amide bonds. The van der Waals surface area contributed by atoms with E-state index in [2.05, 4.69) is 21.3 Å². The van der Waals surface area contributed by atoms with Gasteiger partial charge in [-0.3, -0.25) is 19.2 Å². The fraction of sp³-hybridized carbons (Fsp3) is 0.467. The maximum absolute atomic E-state index is 13.2. The van der Waals surface area contributed by atoms with Gasteiger partial charge in [0, 0.05) is 6.54 Å². The molecule has 0 fully saturated rings. The van der Waals surface area contributed by atoms with Crippen molar-refractivity contribution in [3.8, 4) is 17.2 Å². The maximum Gasteiger partial charge on any atom is 0.255 e. The Bertz CT molecular complexity index is 1250. The summed E-state index contributed by atoms with van der Waals surface area (Å²) in [6.45, 7) is 5.78. The number of hydrogen-bond acceptors (Lipinski definition) is 8. The van der Waals surface area contributed by atoms with Gasteiger partial charge in [0.15, 0.2) is 11.5 Å². The van der Waals surface area contributed by atoms with E-state index in [1.54, 1.807) is 38.3 Å². The Kier molecular flexibility index (Phi) is 12.0. The number of rotatable bonds is 9. The molecule has 0 radical (unpaired) electrons. The van der Waals surface area contributed by atoms with Crippen LogP contribution < -0.4 is 35.5 Å². The zero-order valence-corrected chi connectivity index (χ0v) is 24.4. The van der Waals surface area contributed by atoms with Crippen LogP contribution in [0.1, 0.15) is 49.5 Å². The highest BCUT2D eigenvalue weighted by Gasteiger charge is 2.31. The van der Waals surface area contributed by atoms with Crippen LogP contribution in [0.3, 0.4) is 0 Å². The van der Waals surface area contributed by atoms with Gasteiger partial charge in [0.05, 0.1) is 37.8 Å². The van der Waals surface area contributed by atoms with Gasteiger partial charge in [-0.25, -0.2) is 0 Å². The summed E-state index contributed by atoms with van der Waals surface area (Å²) in [5.41, 5.74) is 1.17. The van der Waals surface area contributed by atoms with Crippen LogP contribution in [-0.4, -0.2) is 79.8 Å². The van der Waals surface area contributed by atoms with Gasteiger partial charge < -0.3 is 40.6 Å². The minimum Gasteiger partial charge on any atom is -0.493 e. The lowest BCUT2D eigenvalue weighted by atomic mass is 10.1. The highest BCUT2D eigenvalue weighted by atomic mass is 16.5. The van der Waals surface area contributed by atoms with E-state index in [-0.39, 0.29) is 24.5 Å². The normalized spacial score (nSPS) is 20.4. The molecule has 2 aromatic rings. The molecular formula is C30H40N4O8. The summed E-state index contributed by atoms with van der Waals surface area (Å²) in [5.74, 6) is -0.926. The second-order valence-electron chi connectivity index (χ2n) is 10.0. The van der Waals surface area contributed by atoms with E-state index in [1.165, 1.54) is 6.92 Å². The summed E-state index contributed by atoms with van der Waals surface area (Å²) in [5, 5.41) is 20.7. The van der Waals surface area contributed by atoms with Gasteiger partial charge in [0.1, 0.15) is 24.4 Å². The number of carbonyl (C=O) groups excluding carboxylic acids is 4. The number of hydrogen-bond donors (Lipinski definition) is 5. The van der Waals surface area contributed by atoms with Crippen molar-refractivity contribution < 1.29 is 38.5 Å². The number of ether oxygens (including phenoxy) is 3. The van der Waals surface area contributed by atoms with Crippen molar-refractivity contribution in [2.45, 2.75) is 64.3 Å². The van der Waals surface area contributed by atoms with Crippen LogP contribution in [0, 0.1) is 0 Å². The fourth-order valence-electron chi connectivity index (χ4n) is 4.41. The number of carbonyl (C=O) groups is 4. The largest absolute Gasteiger partial charge is 0.493 e. The van der Waals surface area contributed by atoms with Gasteiger partial charge in [-0.1, -0.05) is 18.2 Å². The fourth-order valence-corrected chi connectivity index (χ4v) is 4.41. The summed E-state index contributed by atoms with van der Waals surface area (Å²) in [6.07, 6.45) is -0.453. The van der Waals surface area contributed by atoms with E-state index >= 15 is 0 Å². The molecule has 0 unspecified atom stereocenters. The Morgan fingerprint density at radius 2 is 1.88 bits per heavy atom. The quantitative estimate of drug-likeness (QED) is 0.274. The lowest BCUT2D eigenvalue weighted by molar-refractivity contribution is -0.133. The Morgan fingerprint density at radius 1 is 1.12 bits per heavy atom. The highest BCUT2D eigenvalue weighted by Crippen LogP contribution is 2.28. The zero-order valence-electron chi connectivity index (χ0n) is 24.4. The standard InChI is InChI=1S/C30H40N4O8/c1-5-41-24-13-12-20(15-25(24)40-4)9-8-14-31-29(38)22-16-26(36)34-27(19(3)35)30(39)32-18(2)17-42-23-11-7-6-10-21(23)28(37)33-22/h6-7,10-13,15,18-19,22,27,35H,5,8-9,14,16-17H2,1-4H3,(H,31,38)(H,32,39)(H,33,37)(H,34,36)/t18-,19-,22+,27+/m1/s1. The Hall–Kier alpha value is -4.32. The third-order valence-electron chi connectivity index (χ3n) is 6.57. The average molecular weight is 585 g/mol. The molecule has 1 aliphatic rings. The molecule has 3 rings (SSSR count). The van der Waals surface area contributed by atoms with E-state index in [0.717, 1.165) is 5.56 Å². The van der Waals surface area contributed by atoms with E-state index in [9.17, 15) is 24.3 Å². The van der Waals surface area contributed by atoms with Crippen molar-refractivity contribution in [1.82, 2.24) is 21.3 Å². The number of benzene rings is 2. The first-order valence-electron chi connectivity index (χ1n) is 14.0. The number of aryl methyl sites for hydroxylation is 1. The van der Waals surface area contributed by atoms with E-state index < -0.39 is 54.3 Å². The van der Waals surface area contributed by atoms with Gasteiger partial charge in [0.2, 0.25) is 17.7 Å².